The van der Waals surface area contributed by atoms with Crippen LogP contribution in [-0.4, -0.2) is 67.8 Å². The van der Waals surface area contributed by atoms with Crippen molar-refractivity contribution in [2.75, 3.05) is 0 Å². The van der Waals surface area contributed by atoms with E-state index in [2.05, 4.69) is 70.9 Å². The SMILES string of the molecule is CC(=O)N(C1CCCCC1)C1CC(C)(C)N(C(C)=O)C(C)(C)C1.CC1(C)CC(NC(=O)c2ccccc2)CC(C)(C)N1. The minimum Gasteiger partial charge on any atom is -0.349 e. The van der Waals surface area contributed by atoms with Gasteiger partial charge in [0, 0.05) is 59.7 Å². The topological polar surface area (TPSA) is 81.8 Å². The Balaban J connectivity index is 0.000000235. The number of piperidine rings is 2. The molecule has 3 aliphatic rings. The van der Waals surface area contributed by atoms with Gasteiger partial charge in [0.1, 0.15) is 0 Å². The Bertz CT molecular complexity index is 1050. The van der Waals surface area contributed by atoms with Crippen LogP contribution in [0.25, 0.3) is 0 Å². The number of nitrogens with zero attached hydrogens (tertiary/aromatic N) is 2. The van der Waals surface area contributed by atoms with Gasteiger partial charge in [0.2, 0.25) is 11.8 Å². The zero-order valence-corrected chi connectivity index (χ0v) is 28.1. The number of hydrogen-bond donors (Lipinski definition) is 2. The number of benzene rings is 1. The van der Waals surface area contributed by atoms with Crippen LogP contribution in [0.4, 0.5) is 0 Å². The highest BCUT2D eigenvalue weighted by molar-refractivity contribution is 5.94. The van der Waals surface area contributed by atoms with Gasteiger partial charge in [-0.3, -0.25) is 14.4 Å². The highest BCUT2D eigenvalue weighted by Gasteiger charge is 2.49. The standard InChI is InChI=1S/C19H34N2O2.C16H24N2O/c1-14(22)20(16-10-8-7-9-11-16)17-12-18(3,4)21(15(2)23)19(5,6)13-17;1-15(2)10-13(11-16(3,4)18-15)17-14(19)12-8-6-5-7-9-12/h16-17H,7-13H2,1-6H3;5-9,13,18H,10-11H2,1-4H3,(H,17,19). The van der Waals surface area contributed by atoms with Gasteiger partial charge in [0.15, 0.2) is 0 Å². The lowest BCUT2D eigenvalue weighted by Gasteiger charge is -2.57. The summed E-state index contributed by atoms with van der Waals surface area (Å²) in [6.45, 7) is 20.7. The van der Waals surface area contributed by atoms with Crippen LogP contribution in [0.15, 0.2) is 30.3 Å². The molecule has 0 spiro atoms. The number of nitrogens with one attached hydrogen (secondary N) is 2. The van der Waals surface area contributed by atoms with Gasteiger partial charge in [-0.25, -0.2) is 0 Å². The lowest BCUT2D eigenvalue weighted by molar-refractivity contribution is -0.154. The quantitative estimate of drug-likeness (QED) is 0.427. The third-order valence-corrected chi connectivity index (χ3v) is 9.28. The van der Waals surface area contributed by atoms with Gasteiger partial charge in [0.25, 0.3) is 5.91 Å². The number of carbonyl (C=O) groups excluding carboxylic acids is 3. The maximum atomic E-state index is 12.4. The highest BCUT2D eigenvalue weighted by atomic mass is 16.2. The van der Waals surface area contributed by atoms with E-state index in [1.54, 1.807) is 13.8 Å². The lowest BCUT2D eigenvalue weighted by atomic mass is 9.75. The fraction of sp³-hybridized carbons (Fsp3) is 0.743. The van der Waals surface area contributed by atoms with Crippen LogP contribution in [0.3, 0.4) is 0 Å². The van der Waals surface area contributed by atoms with Gasteiger partial charge >= 0.3 is 0 Å². The van der Waals surface area contributed by atoms with Crippen molar-refractivity contribution >= 4 is 17.7 Å². The number of hydrogen-bond acceptors (Lipinski definition) is 4. The van der Waals surface area contributed by atoms with Crippen LogP contribution in [0.5, 0.6) is 0 Å². The first-order valence-electron chi connectivity index (χ1n) is 16.1. The third kappa shape index (κ3) is 8.81. The molecule has 0 aromatic heterocycles. The molecule has 0 atom stereocenters. The van der Waals surface area contributed by atoms with Crippen LogP contribution in [0.2, 0.25) is 0 Å². The predicted octanol–water partition coefficient (Wildman–Crippen LogP) is 6.46. The molecule has 3 amide bonds. The summed E-state index contributed by atoms with van der Waals surface area (Å²) in [7, 11) is 0. The minimum atomic E-state index is -0.222. The van der Waals surface area contributed by atoms with Crippen molar-refractivity contribution in [3.05, 3.63) is 35.9 Å². The largest absolute Gasteiger partial charge is 0.349 e. The van der Waals surface area contributed by atoms with Crippen LogP contribution in [0, 0.1) is 0 Å². The molecule has 4 rings (SSSR count). The first-order valence-corrected chi connectivity index (χ1v) is 16.1. The van der Waals surface area contributed by atoms with E-state index in [1.165, 1.54) is 19.3 Å². The molecule has 7 nitrogen and oxygen atoms in total. The molecule has 7 heteroatoms. The second kappa shape index (κ2) is 13.1. The molecule has 0 bridgehead atoms. The van der Waals surface area contributed by atoms with Crippen LogP contribution < -0.4 is 10.6 Å². The van der Waals surface area contributed by atoms with E-state index in [0.717, 1.165) is 44.1 Å². The first-order chi connectivity index (χ1) is 19.3. The van der Waals surface area contributed by atoms with E-state index in [-0.39, 0.29) is 52.0 Å². The van der Waals surface area contributed by atoms with E-state index in [0.29, 0.717) is 6.04 Å². The second-order valence-corrected chi connectivity index (χ2v) is 15.6. The second-order valence-electron chi connectivity index (χ2n) is 15.6. The zero-order valence-electron chi connectivity index (χ0n) is 28.1. The Hall–Kier alpha value is -2.41. The van der Waals surface area contributed by atoms with Crippen molar-refractivity contribution in [2.45, 2.75) is 167 Å². The first kappa shape index (κ1) is 34.1. The fourth-order valence-corrected chi connectivity index (χ4v) is 8.73. The number of amides is 3. The molecule has 2 aliphatic heterocycles. The maximum Gasteiger partial charge on any atom is 0.251 e. The molecule has 236 valence electrons. The summed E-state index contributed by atoms with van der Waals surface area (Å²) in [6, 6.07) is 10.3. The monoisotopic (exact) mass is 582 g/mol. The summed E-state index contributed by atoms with van der Waals surface area (Å²) in [5.74, 6) is 0.356. The van der Waals surface area contributed by atoms with Crippen LogP contribution in [-0.2, 0) is 9.59 Å². The average molecular weight is 583 g/mol. The van der Waals surface area contributed by atoms with Crippen LogP contribution in [0.1, 0.15) is 137 Å². The van der Waals surface area contributed by atoms with Gasteiger partial charge in [-0.1, -0.05) is 37.5 Å². The number of carbonyl (C=O) groups is 3. The van der Waals surface area contributed by atoms with Crippen molar-refractivity contribution in [1.29, 1.82) is 0 Å². The fourth-order valence-electron chi connectivity index (χ4n) is 8.73. The molecule has 2 heterocycles. The molecule has 2 saturated heterocycles. The Morgan fingerprint density at radius 1 is 0.762 bits per heavy atom. The lowest BCUT2D eigenvalue weighted by Crippen LogP contribution is -2.66. The highest BCUT2D eigenvalue weighted by Crippen LogP contribution is 2.42. The normalized spacial score (nSPS) is 23.7. The smallest absolute Gasteiger partial charge is 0.251 e. The van der Waals surface area contributed by atoms with Gasteiger partial charge in [0.05, 0.1) is 0 Å². The summed E-state index contributed by atoms with van der Waals surface area (Å²) in [5, 5.41) is 6.79. The molecule has 1 saturated carbocycles. The Morgan fingerprint density at radius 3 is 1.71 bits per heavy atom. The van der Waals surface area contributed by atoms with E-state index >= 15 is 0 Å². The Labute approximate surface area is 255 Å². The minimum absolute atomic E-state index is 0.0269. The molecule has 3 fully saturated rings. The molecular formula is C35H58N4O3. The summed E-state index contributed by atoms with van der Waals surface area (Å²) in [5.41, 5.74) is 0.394. The Morgan fingerprint density at radius 2 is 1.26 bits per heavy atom. The van der Waals surface area contributed by atoms with E-state index in [4.69, 9.17) is 0 Å². The predicted molar refractivity (Wildman–Crippen MR) is 171 cm³/mol. The Kier molecular flexibility index (Phi) is 10.6. The average Bonchev–Trinajstić information content (AvgIpc) is 2.81. The van der Waals surface area contributed by atoms with E-state index < -0.39 is 0 Å². The molecule has 0 unspecified atom stereocenters. The van der Waals surface area contributed by atoms with Gasteiger partial charge in [-0.05, 0) is 106 Å². The van der Waals surface area contributed by atoms with Gasteiger partial charge < -0.3 is 20.4 Å². The third-order valence-electron chi connectivity index (χ3n) is 9.28. The molecular weight excluding hydrogens is 524 g/mol. The number of likely N-dealkylation sites (tertiary alicyclic amines) is 1. The molecule has 1 aliphatic carbocycles. The number of rotatable bonds is 4. The summed E-state index contributed by atoms with van der Waals surface area (Å²) in [4.78, 5) is 41.0. The maximum absolute atomic E-state index is 12.4. The zero-order chi connectivity index (χ0) is 31.5. The van der Waals surface area contributed by atoms with Crippen molar-refractivity contribution < 1.29 is 14.4 Å². The van der Waals surface area contributed by atoms with Crippen LogP contribution >= 0.6 is 0 Å². The molecule has 1 aromatic rings. The molecule has 0 radical (unpaired) electrons. The van der Waals surface area contributed by atoms with Crippen molar-refractivity contribution in [3.63, 3.8) is 0 Å². The van der Waals surface area contributed by atoms with E-state index in [1.807, 2.05) is 35.2 Å². The molecule has 42 heavy (non-hydrogen) atoms. The van der Waals surface area contributed by atoms with Crippen molar-refractivity contribution in [2.24, 2.45) is 0 Å². The molecule has 2 N–H and O–H groups in total. The van der Waals surface area contributed by atoms with Gasteiger partial charge in [-0.2, -0.15) is 0 Å². The summed E-state index contributed by atoms with van der Waals surface area (Å²) in [6.07, 6.45) is 9.66. The summed E-state index contributed by atoms with van der Waals surface area (Å²) < 4.78 is 0. The van der Waals surface area contributed by atoms with Gasteiger partial charge in [-0.15, -0.1) is 0 Å². The molecule has 1 aromatic carbocycles. The van der Waals surface area contributed by atoms with Crippen molar-refractivity contribution in [3.8, 4) is 0 Å². The van der Waals surface area contributed by atoms with E-state index in [9.17, 15) is 14.4 Å². The van der Waals surface area contributed by atoms with Crippen molar-refractivity contribution in [1.82, 2.24) is 20.4 Å². The summed E-state index contributed by atoms with van der Waals surface area (Å²) >= 11 is 0.